The zero-order valence-electron chi connectivity index (χ0n) is 21.2. The minimum atomic E-state index is -0.652. The molecule has 0 radical (unpaired) electrons. The van der Waals surface area contributed by atoms with Crippen LogP contribution in [0.3, 0.4) is 0 Å². The van der Waals surface area contributed by atoms with Crippen LogP contribution in [0.5, 0.6) is 0 Å². The lowest BCUT2D eigenvalue weighted by Crippen LogP contribution is -2.49. The van der Waals surface area contributed by atoms with Crippen LogP contribution in [0.15, 0.2) is 0 Å². The standard InChI is InChI=1S/C27H55NO2/c1-5-6-7-8-9-10-11-12-13-14-15-16-17-18-19-20-21-22-23-24-25-26(27(29)30)28(2,3)4/h26H,5-25H2,1-4H3/p+1. The third kappa shape index (κ3) is 19.4. The fraction of sp³-hybridized carbons (Fsp3) is 0.963. The summed E-state index contributed by atoms with van der Waals surface area (Å²) in [5.41, 5.74) is 0. The minimum Gasteiger partial charge on any atom is -0.477 e. The van der Waals surface area contributed by atoms with Crippen molar-refractivity contribution in [3.63, 3.8) is 0 Å². The van der Waals surface area contributed by atoms with Crippen LogP contribution < -0.4 is 0 Å². The fourth-order valence-corrected chi connectivity index (χ4v) is 4.43. The molecule has 0 fully saturated rings. The molecule has 0 aromatic carbocycles. The van der Waals surface area contributed by atoms with Crippen molar-refractivity contribution in [2.45, 2.75) is 148 Å². The molecule has 180 valence electrons. The molecular weight excluding hydrogens is 370 g/mol. The van der Waals surface area contributed by atoms with E-state index in [4.69, 9.17) is 0 Å². The van der Waals surface area contributed by atoms with Crippen molar-refractivity contribution in [1.82, 2.24) is 0 Å². The van der Waals surface area contributed by atoms with Crippen molar-refractivity contribution in [3.8, 4) is 0 Å². The van der Waals surface area contributed by atoms with Crippen LogP contribution in [-0.2, 0) is 4.79 Å². The van der Waals surface area contributed by atoms with Crippen LogP contribution in [0, 0.1) is 0 Å². The highest BCUT2D eigenvalue weighted by molar-refractivity contribution is 5.72. The van der Waals surface area contributed by atoms with E-state index in [1.165, 1.54) is 122 Å². The first-order valence-corrected chi connectivity index (χ1v) is 13.4. The number of carbonyl (C=O) groups is 1. The number of rotatable bonds is 23. The third-order valence-electron chi connectivity index (χ3n) is 6.55. The molecule has 30 heavy (non-hydrogen) atoms. The molecule has 1 N–H and O–H groups in total. The number of unbranched alkanes of at least 4 members (excludes halogenated alkanes) is 19. The van der Waals surface area contributed by atoms with Crippen LogP contribution in [0.4, 0.5) is 0 Å². The molecule has 0 bridgehead atoms. The monoisotopic (exact) mass is 426 g/mol. The van der Waals surface area contributed by atoms with E-state index in [0.717, 1.165) is 12.8 Å². The first-order chi connectivity index (χ1) is 14.4. The lowest BCUT2D eigenvalue weighted by Gasteiger charge is -2.31. The molecule has 0 amide bonds. The van der Waals surface area contributed by atoms with Crippen molar-refractivity contribution >= 4 is 5.97 Å². The molecule has 1 unspecified atom stereocenters. The Morgan fingerprint density at radius 2 is 0.833 bits per heavy atom. The Bertz CT molecular complexity index is 376. The summed E-state index contributed by atoms with van der Waals surface area (Å²) in [6.07, 6.45) is 28.4. The maximum atomic E-state index is 11.4. The van der Waals surface area contributed by atoms with E-state index < -0.39 is 5.97 Å². The van der Waals surface area contributed by atoms with Gasteiger partial charge in [0.05, 0.1) is 21.1 Å². The number of aliphatic carboxylic acids is 1. The van der Waals surface area contributed by atoms with Crippen LogP contribution in [0.2, 0.25) is 0 Å². The molecule has 3 nitrogen and oxygen atoms in total. The van der Waals surface area contributed by atoms with E-state index in [0.29, 0.717) is 4.48 Å². The number of quaternary nitrogens is 1. The maximum absolute atomic E-state index is 11.4. The lowest BCUT2D eigenvalue weighted by atomic mass is 10.0. The first-order valence-electron chi connectivity index (χ1n) is 13.4. The largest absolute Gasteiger partial charge is 0.477 e. The van der Waals surface area contributed by atoms with Gasteiger partial charge >= 0.3 is 5.97 Å². The van der Waals surface area contributed by atoms with Gasteiger partial charge in [-0.1, -0.05) is 129 Å². The number of nitrogens with zero attached hydrogens (tertiary/aromatic N) is 1. The van der Waals surface area contributed by atoms with Crippen LogP contribution >= 0.6 is 0 Å². The van der Waals surface area contributed by atoms with E-state index in [1.807, 2.05) is 21.1 Å². The number of carboxylic acid groups (broad SMARTS) is 1. The number of hydrogen-bond acceptors (Lipinski definition) is 1. The quantitative estimate of drug-likeness (QED) is 0.132. The molecule has 0 aliphatic heterocycles. The molecule has 0 aromatic rings. The molecule has 0 rings (SSSR count). The van der Waals surface area contributed by atoms with E-state index in [9.17, 15) is 9.90 Å². The highest BCUT2D eigenvalue weighted by Gasteiger charge is 2.30. The first kappa shape index (κ1) is 29.4. The number of likely N-dealkylation sites (N-methyl/N-ethyl adjacent to an activating group) is 1. The van der Waals surface area contributed by atoms with Crippen molar-refractivity contribution in [3.05, 3.63) is 0 Å². The lowest BCUT2D eigenvalue weighted by molar-refractivity contribution is -0.887. The summed E-state index contributed by atoms with van der Waals surface area (Å²) < 4.78 is 0.522. The molecular formula is C27H56NO2+. The Kier molecular flexibility index (Phi) is 20.0. The van der Waals surface area contributed by atoms with Crippen molar-refractivity contribution in [1.29, 1.82) is 0 Å². The van der Waals surface area contributed by atoms with Gasteiger partial charge in [-0.05, 0) is 6.42 Å². The van der Waals surface area contributed by atoms with Crippen molar-refractivity contribution in [2.75, 3.05) is 21.1 Å². The second kappa shape index (κ2) is 20.3. The molecule has 0 saturated heterocycles. The van der Waals surface area contributed by atoms with Crippen LogP contribution in [0.25, 0.3) is 0 Å². The fourth-order valence-electron chi connectivity index (χ4n) is 4.43. The van der Waals surface area contributed by atoms with E-state index in [2.05, 4.69) is 6.92 Å². The second-order valence-corrected chi connectivity index (χ2v) is 10.5. The predicted octanol–water partition coefficient (Wildman–Crippen LogP) is 8.36. The van der Waals surface area contributed by atoms with Gasteiger partial charge in [0.1, 0.15) is 0 Å². The zero-order valence-corrected chi connectivity index (χ0v) is 21.2. The van der Waals surface area contributed by atoms with Gasteiger partial charge in [-0.15, -0.1) is 0 Å². The third-order valence-corrected chi connectivity index (χ3v) is 6.55. The average molecular weight is 427 g/mol. The average Bonchev–Trinajstić information content (AvgIpc) is 2.68. The zero-order chi connectivity index (χ0) is 22.5. The smallest absolute Gasteiger partial charge is 0.362 e. The Hall–Kier alpha value is -0.570. The SMILES string of the molecule is CCCCCCCCCCCCCCCCCCCCCCC(C(=O)O)[N+](C)(C)C. The summed E-state index contributed by atoms with van der Waals surface area (Å²) in [6.45, 7) is 2.29. The number of carboxylic acids is 1. The molecule has 1 atom stereocenters. The van der Waals surface area contributed by atoms with Crippen LogP contribution in [0.1, 0.15) is 142 Å². The summed E-state index contributed by atoms with van der Waals surface area (Å²) in [4.78, 5) is 11.4. The van der Waals surface area contributed by atoms with E-state index >= 15 is 0 Å². The van der Waals surface area contributed by atoms with Gasteiger partial charge < -0.3 is 9.59 Å². The minimum absolute atomic E-state index is 0.263. The topological polar surface area (TPSA) is 37.3 Å². The molecule has 0 aliphatic rings. The van der Waals surface area contributed by atoms with Gasteiger partial charge in [0, 0.05) is 6.42 Å². The molecule has 3 heteroatoms. The summed E-state index contributed by atoms with van der Waals surface area (Å²) in [5, 5.41) is 9.35. The molecule has 0 saturated carbocycles. The van der Waals surface area contributed by atoms with E-state index in [1.54, 1.807) is 0 Å². The normalized spacial score (nSPS) is 12.9. The predicted molar refractivity (Wildman–Crippen MR) is 132 cm³/mol. The Balaban J connectivity index is 3.24. The number of hydrogen-bond donors (Lipinski definition) is 1. The van der Waals surface area contributed by atoms with Gasteiger partial charge in [-0.25, -0.2) is 4.79 Å². The summed E-state index contributed by atoms with van der Waals surface area (Å²) >= 11 is 0. The van der Waals surface area contributed by atoms with Gasteiger partial charge in [0.15, 0.2) is 6.04 Å². The molecule has 0 aliphatic carbocycles. The van der Waals surface area contributed by atoms with Crippen LogP contribution in [-0.4, -0.2) is 42.7 Å². The van der Waals surface area contributed by atoms with Gasteiger partial charge in [-0.3, -0.25) is 0 Å². The van der Waals surface area contributed by atoms with Crippen molar-refractivity contribution in [2.24, 2.45) is 0 Å². The Morgan fingerprint density at radius 1 is 0.567 bits per heavy atom. The Morgan fingerprint density at radius 3 is 1.07 bits per heavy atom. The highest BCUT2D eigenvalue weighted by atomic mass is 16.4. The molecule has 0 aromatic heterocycles. The maximum Gasteiger partial charge on any atom is 0.362 e. The molecule has 0 heterocycles. The molecule has 0 spiro atoms. The summed E-state index contributed by atoms with van der Waals surface area (Å²) in [6, 6.07) is -0.263. The summed E-state index contributed by atoms with van der Waals surface area (Å²) in [7, 11) is 5.94. The highest BCUT2D eigenvalue weighted by Crippen LogP contribution is 2.16. The van der Waals surface area contributed by atoms with Crippen molar-refractivity contribution < 1.29 is 14.4 Å². The van der Waals surface area contributed by atoms with Gasteiger partial charge in [0.2, 0.25) is 0 Å². The Labute approximate surface area is 189 Å². The van der Waals surface area contributed by atoms with E-state index in [-0.39, 0.29) is 6.04 Å². The summed E-state index contributed by atoms with van der Waals surface area (Å²) in [5.74, 6) is -0.652. The van der Waals surface area contributed by atoms with Gasteiger partial charge in [0.25, 0.3) is 0 Å². The van der Waals surface area contributed by atoms with Gasteiger partial charge in [-0.2, -0.15) is 0 Å². The second-order valence-electron chi connectivity index (χ2n) is 10.5.